The number of hydrogen-bond donors (Lipinski definition) is 2. The molecule has 0 radical (unpaired) electrons. The van der Waals surface area contributed by atoms with E-state index in [0.29, 0.717) is 13.1 Å². The quantitative estimate of drug-likeness (QED) is 0.762. The number of H-pyrrole nitrogens is 1. The van der Waals surface area contributed by atoms with E-state index in [0.717, 1.165) is 16.5 Å². The average Bonchev–Trinajstić information content (AvgIpc) is 3.05. The molecule has 1 saturated heterocycles. The van der Waals surface area contributed by atoms with E-state index in [4.69, 9.17) is 0 Å². The summed E-state index contributed by atoms with van der Waals surface area (Å²) in [5.74, 6) is -1.04. The molecular formula is C20H18FN3O2. The number of halogens is 1. The molecule has 0 aliphatic carbocycles. The zero-order chi connectivity index (χ0) is 18.1. The SMILES string of the molecule is O=C1NCCN(C(=O)Cc2c[nH]c3ccccc23)C1c1ccccc1F. The van der Waals surface area contributed by atoms with Crippen LogP contribution in [0.15, 0.2) is 54.7 Å². The predicted molar refractivity (Wildman–Crippen MR) is 95.9 cm³/mol. The van der Waals surface area contributed by atoms with Gasteiger partial charge < -0.3 is 15.2 Å². The number of amides is 2. The van der Waals surface area contributed by atoms with E-state index >= 15 is 0 Å². The van der Waals surface area contributed by atoms with Crippen molar-refractivity contribution in [2.45, 2.75) is 12.5 Å². The van der Waals surface area contributed by atoms with Crippen molar-refractivity contribution in [1.82, 2.24) is 15.2 Å². The monoisotopic (exact) mass is 351 g/mol. The van der Waals surface area contributed by atoms with Crippen molar-refractivity contribution in [3.63, 3.8) is 0 Å². The van der Waals surface area contributed by atoms with Crippen molar-refractivity contribution in [3.8, 4) is 0 Å². The van der Waals surface area contributed by atoms with Crippen LogP contribution in [0.4, 0.5) is 4.39 Å². The van der Waals surface area contributed by atoms with E-state index in [-0.39, 0.29) is 23.8 Å². The molecule has 2 heterocycles. The Labute approximate surface area is 149 Å². The summed E-state index contributed by atoms with van der Waals surface area (Å²) >= 11 is 0. The van der Waals surface area contributed by atoms with Gasteiger partial charge in [-0.05, 0) is 17.7 Å². The number of nitrogens with zero attached hydrogens (tertiary/aromatic N) is 1. The number of carbonyl (C=O) groups excluding carboxylic acids is 2. The molecule has 2 aromatic carbocycles. The average molecular weight is 351 g/mol. The van der Waals surface area contributed by atoms with Crippen LogP contribution in [0.3, 0.4) is 0 Å². The summed E-state index contributed by atoms with van der Waals surface area (Å²) in [5.41, 5.74) is 2.04. The lowest BCUT2D eigenvalue weighted by Crippen LogP contribution is -2.52. The summed E-state index contributed by atoms with van der Waals surface area (Å²) in [6.45, 7) is 0.718. The molecule has 6 heteroatoms. The fourth-order valence-electron chi connectivity index (χ4n) is 3.48. The summed E-state index contributed by atoms with van der Waals surface area (Å²) in [4.78, 5) is 30.0. The molecule has 2 N–H and O–H groups in total. The van der Waals surface area contributed by atoms with Crippen LogP contribution >= 0.6 is 0 Å². The molecule has 5 nitrogen and oxygen atoms in total. The van der Waals surface area contributed by atoms with Crippen LogP contribution in [0.25, 0.3) is 10.9 Å². The van der Waals surface area contributed by atoms with E-state index < -0.39 is 11.9 Å². The largest absolute Gasteiger partial charge is 0.361 e. The number of carbonyl (C=O) groups is 2. The number of piperazine rings is 1. The second kappa shape index (κ2) is 6.63. The van der Waals surface area contributed by atoms with E-state index in [1.807, 2.05) is 30.5 Å². The highest BCUT2D eigenvalue weighted by atomic mass is 19.1. The minimum absolute atomic E-state index is 0.155. The van der Waals surface area contributed by atoms with Gasteiger partial charge in [0.1, 0.15) is 11.9 Å². The second-order valence-corrected chi connectivity index (χ2v) is 6.34. The van der Waals surface area contributed by atoms with Gasteiger partial charge in [-0.2, -0.15) is 0 Å². The Morgan fingerprint density at radius 2 is 1.92 bits per heavy atom. The smallest absolute Gasteiger partial charge is 0.247 e. The van der Waals surface area contributed by atoms with Gasteiger partial charge in [-0.1, -0.05) is 36.4 Å². The van der Waals surface area contributed by atoms with Crippen LogP contribution in [0.1, 0.15) is 17.2 Å². The Hall–Kier alpha value is -3.15. The van der Waals surface area contributed by atoms with Gasteiger partial charge in [0.2, 0.25) is 11.8 Å². The summed E-state index contributed by atoms with van der Waals surface area (Å²) in [6, 6.07) is 12.9. The number of aromatic nitrogens is 1. The maximum atomic E-state index is 14.2. The summed E-state index contributed by atoms with van der Waals surface area (Å²) < 4.78 is 14.2. The molecular weight excluding hydrogens is 333 g/mol. The zero-order valence-corrected chi connectivity index (χ0v) is 14.0. The third-order valence-electron chi connectivity index (χ3n) is 4.75. The molecule has 2 amide bonds. The number of rotatable bonds is 3. The molecule has 1 unspecified atom stereocenters. The molecule has 1 atom stereocenters. The molecule has 0 spiro atoms. The second-order valence-electron chi connectivity index (χ2n) is 6.34. The first kappa shape index (κ1) is 16.3. The molecule has 132 valence electrons. The third kappa shape index (κ3) is 2.83. The highest BCUT2D eigenvalue weighted by Gasteiger charge is 2.35. The van der Waals surface area contributed by atoms with Crippen molar-refractivity contribution in [2.75, 3.05) is 13.1 Å². The highest BCUT2D eigenvalue weighted by molar-refractivity contribution is 5.93. The number of hydrogen-bond acceptors (Lipinski definition) is 2. The maximum Gasteiger partial charge on any atom is 0.247 e. The Morgan fingerprint density at radius 3 is 2.77 bits per heavy atom. The number of para-hydroxylation sites is 1. The molecule has 1 aliphatic rings. The highest BCUT2D eigenvalue weighted by Crippen LogP contribution is 2.27. The molecule has 3 aromatic rings. The van der Waals surface area contributed by atoms with Gasteiger partial charge in [-0.25, -0.2) is 4.39 Å². The zero-order valence-electron chi connectivity index (χ0n) is 14.0. The molecule has 1 aromatic heterocycles. The molecule has 26 heavy (non-hydrogen) atoms. The Morgan fingerprint density at radius 1 is 1.15 bits per heavy atom. The maximum absolute atomic E-state index is 14.2. The minimum Gasteiger partial charge on any atom is -0.361 e. The van der Waals surface area contributed by atoms with Gasteiger partial charge in [0.05, 0.1) is 6.42 Å². The third-order valence-corrected chi connectivity index (χ3v) is 4.75. The van der Waals surface area contributed by atoms with E-state index in [2.05, 4.69) is 10.3 Å². The molecule has 0 bridgehead atoms. The van der Waals surface area contributed by atoms with Crippen molar-refractivity contribution in [1.29, 1.82) is 0 Å². The van der Waals surface area contributed by atoms with Crippen LogP contribution < -0.4 is 5.32 Å². The minimum atomic E-state index is -0.942. The summed E-state index contributed by atoms with van der Waals surface area (Å²) in [6.07, 6.45) is 1.97. The van der Waals surface area contributed by atoms with Crippen molar-refractivity contribution in [2.24, 2.45) is 0 Å². The Kier molecular flexibility index (Phi) is 4.16. The lowest BCUT2D eigenvalue weighted by Gasteiger charge is -2.35. The first-order valence-electron chi connectivity index (χ1n) is 8.52. The first-order chi connectivity index (χ1) is 12.6. The van der Waals surface area contributed by atoms with Gasteiger partial charge >= 0.3 is 0 Å². The fraction of sp³-hybridized carbons (Fsp3) is 0.200. The normalized spacial score (nSPS) is 17.3. The van der Waals surface area contributed by atoms with E-state index in [1.54, 1.807) is 18.2 Å². The van der Waals surface area contributed by atoms with Gasteiger partial charge in [-0.3, -0.25) is 9.59 Å². The predicted octanol–water partition coefficient (Wildman–Crippen LogP) is 2.55. The number of fused-ring (bicyclic) bond motifs is 1. The Bertz CT molecular complexity index is 982. The van der Waals surface area contributed by atoms with Crippen molar-refractivity contribution < 1.29 is 14.0 Å². The number of aromatic amines is 1. The van der Waals surface area contributed by atoms with Crippen LogP contribution in [-0.2, 0) is 16.0 Å². The number of benzene rings is 2. The Balaban J connectivity index is 1.65. The molecule has 1 fully saturated rings. The fourth-order valence-corrected chi connectivity index (χ4v) is 3.48. The number of nitrogens with one attached hydrogen (secondary N) is 2. The lowest BCUT2D eigenvalue weighted by molar-refractivity contribution is -0.143. The first-order valence-corrected chi connectivity index (χ1v) is 8.52. The van der Waals surface area contributed by atoms with E-state index in [9.17, 15) is 14.0 Å². The molecule has 1 aliphatic heterocycles. The van der Waals surface area contributed by atoms with Gasteiger partial charge in [0.15, 0.2) is 0 Å². The summed E-state index contributed by atoms with van der Waals surface area (Å²) in [7, 11) is 0. The topological polar surface area (TPSA) is 65.2 Å². The van der Waals surface area contributed by atoms with Crippen LogP contribution in [0.5, 0.6) is 0 Å². The standard InChI is InChI=1S/C20H18FN3O2/c21-16-7-3-1-6-15(16)19-20(26)22-9-10-24(19)18(25)11-13-12-23-17-8-4-2-5-14(13)17/h1-8,12,19,23H,9-11H2,(H,22,26). The van der Waals surface area contributed by atoms with Gasteiger partial charge in [0, 0.05) is 35.8 Å². The van der Waals surface area contributed by atoms with Crippen LogP contribution in [-0.4, -0.2) is 34.8 Å². The van der Waals surface area contributed by atoms with Gasteiger partial charge in [-0.15, -0.1) is 0 Å². The molecule has 0 saturated carbocycles. The van der Waals surface area contributed by atoms with E-state index in [1.165, 1.54) is 11.0 Å². The van der Waals surface area contributed by atoms with Crippen molar-refractivity contribution in [3.05, 3.63) is 71.7 Å². The molecule has 4 rings (SSSR count). The lowest BCUT2D eigenvalue weighted by atomic mass is 10.0. The van der Waals surface area contributed by atoms with Crippen LogP contribution in [0.2, 0.25) is 0 Å². The van der Waals surface area contributed by atoms with Crippen LogP contribution in [0, 0.1) is 5.82 Å². The van der Waals surface area contributed by atoms with Gasteiger partial charge in [0.25, 0.3) is 0 Å². The summed E-state index contributed by atoms with van der Waals surface area (Å²) in [5, 5.41) is 3.70. The van der Waals surface area contributed by atoms with Crippen molar-refractivity contribution >= 4 is 22.7 Å².